The van der Waals surface area contributed by atoms with Gasteiger partial charge in [0.1, 0.15) is 6.61 Å². The Kier molecular flexibility index (Phi) is 11.6. The minimum atomic E-state index is -3.25. The van der Waals surface area contributed by atoms with E-state index >= 15 is 0 Å². The Hall–Kier alpha value is -0.110. The maximum absolute atomic E-state index is 12.8. The number of rotatable bonds is 13. The SMILES string of the molecule is CC(C)COP(=O)(OC(C)C)SCCOC(=O)C(C)(C)CCN1CCOCC1. The molecule has 7 nitrogen and oxygen atoms in total. The summed E-state index contributed by atoms with van der Waals surface area (Å²) in [6, 6.07) is 0. The molecule has 0 saturated carbocycles. The molecular weight excluding hydrogens is 401 g/mol. The van der Waals surface area contributed by atoms with E-state index in [1.165, 1.54) is 0 Å². The molecule has 0 amide bonds. The molecule has 1 unspecified atom stereocenters. The Balaban J connectivity index is 2.37. The molecule has 1 saturated heterocycles. The van der Waals surface area contributed by atoms with Gasteiger partial charge < -0.3 is 14.0 Å². The Morgan fingerprint density at radius 3 is 2.43 bits per heavy atom. The quantitative estimate of drug-likeness (QED) is 0.240. The fraction of sp³-hybridized carbons (Fsp3) is 0.947. The van der Waals surface area contributed by atoms with Crippen LogP contribution in [0.5, 0.6) is 0 Å². The number of esters is 1. The van der Waals surface area contributed by atoms with Crippen LogP contribution in [0.4, 0.5) is 0 Å². The summed E-state index contributed by atoms with van der Waals surface area (Å²) in [4.78, 5) is 14.8. The van der Waals surface area contributed by atoms with Gasteiger partial charge in [0.2, 0.25) is 0 Å². The molecule has 0 aromatic rings. The molecule has 0 N–H and O–H groups in total. The Morgan fingerprint density at radius 2 is 1.86 bits per heavy atom. The van der Waals surface area contributed by atoms with Crippen molar-refractivity contribution in [2.75, 3.05) is 51.8 Å². The van der Waals surface area contributed by atoms with Gasteiger partial charge in [-0.05, 0) is 58.0 Å². The summed E-state index contributed by atoms with van der Waals surface area (Å²) in [5, 5.41) is 0. The highest BCUT2D eigenvalue weighted by Gasteiger charge is 2.31. The van der Waals surface area contributed by atoms with Crippen LogP contribution in [0.3, 0.4) is 0 Å². The largest absolute Gasteiger partial charge is 0.464 e. The van der Waals surface area contributed by atoms with Gasteiger partial charge in [0, 0.05) is 18.8 Å². The second-order valence-electron chi connectivity index (χ2n) is 8.35. The monoisotopic (exact) mass is 439 g/mol. The minimum absolute atomic E-state index is 0.182. The predicted molar refractivity (Wildman–Crippen MR) is 114 cm³/mol. The molecule has 28 heavy (non-hydrogen) atoms. The molecule has 1 aliphatic rings. The Labute approximate surface area is 174 Å². The molecule has 1 heterocycles. The third kappa shape index (κ3) is 10.6. The van der Waals surface area contributed by atoms with E-state index in [-0.39, 0.29) is 24.6 Å². The van der Waals surface area contributed by atoms with Gasteiger partial charge in [-0.15, -0.1) is 0 Å². The maximum Gasteiger partial charge on any atom is 0.389 e. The van der Waals surface area contributed by atoms with E-state index in [9.17, 15) is 9.36 Å². The maximum atomic E-state index is 12.8. The molecule has 1 aliphatic heterocycles. The molecule has 1 atom stereocenters. The van der Waals surface area contributed by atoms with E-state index in [4.69, 9.17) is 18.5 Å². The molecule has 1 fully saturated rings. The zero-order valence-corrected chi connectivity index (χ0v) is 20.0. The normalized spacial score (nSPS) is 18.4. The topological polar surface area (TPSA) is 74.3 Å². The zero-order chi connectivity index (χ0) is 21.2. The van der Waals surface area contributed by atoms with Crippen LogP contribution in [0.15, 0.2) is 0 Å². The van der Waals surface area contributed by atoms with Crippen molar-refractivity contribution in [3.8, 4) is 0 Å². The summed E-state index contributed by atoms with van der Waals surface area (Å²) in [7, 11) is 0. The smallest absolute Gasteiger partial charge is 0.389 e. The highest BCUT2D eigenvalue weighted by Crippen LogP contribution is 2.61. The number of ether oxygens (including phenoxy) is 2. The van der Waals surface area contributed by atoms with Crippen molar-refractivity contribution < 1.29 is 27.9 Å². The van der Waals surface area contributed by atoms with E-state index in [2.05, 4.69) is 4.90 Å². The van der Waals surface area contributed by atoms with Gasteiger partial charge in [-0.1, -0.05) is 13.8 Å². The third-order valence-corrected chi connectivity index (χ3v) is 8.06. The average molecular weight is 440 g/mol. The van der Waals surface area contributed by atoms with E-state index in [1.54, 1.807) is 0 Å². The number of carbonyl (C=O) groups is 1. The molecular formula is C19H38NO6PS. The van der Waals surface area contributed by atoms with Crippen molar-refractivity contribution in [1.29, 1.82) is 0 Å². The number of nitrogens with zero attached hydrogens (tertiary/aromatic N) is 1. The molecule has 0 aromatic heterocycles. The first-order valence-corrected chi connectivity index (χ1v) is 13.2. The fourth-order valence-corrected chi connectivity index (χ4v) is 6.01. The highest BCUT2D eigenvalue weighted by molar-refractivity contribution is 8.55. The van der Waals surface area contributed by atoms with Gasteiger partial charge in [-0.25, -0.2) is 4.57 Å². The lowest BCUT2D eigenvalue weighted by atomic mass is 9.89. The van der Waals surface area contributed by atoms with Crippen molar-refractivity contribution in [3.05, 3.63) is 0 Å². The Morgan fingerprint density at radius 1 is 1.21 bits per heavy atom. The summed E-state index contributed by atoms with van der Waals surface area (Å²) in [5.74, 6) is 0.395. The lowest BCUT2D eigenvalue weighted by molar-refractivity contribution is -0.153. The molecule has 0 bridgehead atoms. The number of hydrogen-bond acceptors (Lipinski definition) is 8. The molecule has 0 aliphatic carbocycles. The zero-order valence-electron chi connectivity index (χ0n) is 18.3. The summed E-state index contributed by atoms with van der Waals surface area (Å²) in [5.41, 5.74) is -0.560. The molecule has 1 rings (SSSR count). The molecule has 0 aromatic carbocycles. The summed E-state index contributed by atoms with van der Waals surface area (Å²) in [6.45, 7) is 12.9. The summed E-state index contributed by atoms with van der Waals surface area (Å²) < 4.78 is 34.6. The first kappa shape index (κ1) is 25.9. The number of hydrogen-bond donors (Lipinski definition) is 0. The van der Waals surface area contributed by atoms with E-state index in [1.807, 2.05) is 41.5 Å². The van der Waals surface area contributed by atoms with Gasteiger partial charge in [-0.3, -0.25) is 14.2 Å². The number of morpholine rings is 1. The second kappa shape index (κ2) is 12.6. The van der Waals surface area contributed by atoms with E-state index in [0.29, 0.717) is 12.4 Å². The van der Waals surface area contributed by atoms with Crippen LogP contribution in [0, 0.1) is 11.3 Å². The third-order valence-electron chi connectivity index (χ3n) is 4.18. The van der Waals surface area contributed by atoms with Crippen LogP contribution in [0.25, 0.3) is 0 Å². The lowest BCUT2D eigenvalue weighted by Crippen LogP contribution is -2.39. The highest BCUT2D eigenvalue weighted by atomic mass is 32.7. The average Bonchev–Trinajstić information content (AvgIpc) is 2.62. The van der Waals surface area contributed by atoms with Crippen LogP contribution in [-0.2, 0) is 27.9 Å². The van der Waals surface area contributed by atoms with Crippen LogP contribution < -0.4 is 0 Å². The predicted octanol–water partition coefficient (Wildman–Crippen LogP) is 4.22. The van der Waals surface area contributed by atoms with Crippen LogP contribution in [0.2, 0.25) is 0 Å². The van der Waals surface area contributed by atoms with Crippen LogP contribution in [0.1, 0.15) is 48.0 Å². The minimum Gasteiger partial charge on any atom is -0.464 e. The van der Waals surface area contributed by atoms with Crippen molar-refractivity contribution in [2.45, 2.75) is 54.1 Å². The first-order chi connectivity index (χ1) is 13.0. The lowest BCUT2D eigenvalue weighted by Gasteiger charge is -2.30. The fourth-order valence-electron chi connectivity index (χ4n) is 2.44. The van der Waals surface area contributed by atoms with E-state index in [0.717, 1.165) is 50.7 Å². The Bertz CT molecular complexity index is 509. The van der Waals surface area contributed by atoms with Gasteiger partial charge in [0.25, 0.3) is 0 Å². The van der Waals surface area contributed by atoms with Gasteiger partial charge >= 0.3 is 12.8 Å². The standard InChI is InChI=1S/C19H38NO6PS/c1-16(2)15-25-27(22,26-17(3)4)28-14-13-24-18(21)19(5,6)7-8-20-9-11-23-12-10-20/h16-17H,7-15H2,1-6H3. The molecule has 0 radical (unpaired) electrons. The van der Waals surface area contributed by atoms with Crippen LogP contribution in [-0.4, -0.2) is 68.8 Å². The van der Waals surface area contributed by atoms with Crippen LogP contribution >= 0.6 is 18.2 Å². The molecule has 0 spiro atoms. The van der Waals surface area contributed by atoms with Crippen molar-refractivity contribution >= 4 is 24.1 Å². The van der Waals surface area contributed by atoms with Crippen molar-refractivity contribution in [1.82, 2.24) is 4.90 Å². The molecule has 9 heteroatoms. The van der Waals surface area contributed by atoms with Crippen molar-refractivity contribution in [3.63, 3.8) is 0 Å². The van der Waals surface area contributed by atoms with Gasteiger partial charge in [-0.2, -0.15) is 0 Å². The first-order valence-electron chi connectivity index (χ1n) is 10.1. The van der Waals surface area contributed by atoms with Crippen molar-refractivity contribution in [2.24, 2.45) is 11.3 Å². The molecule has 166 valence electrons. The van der Waals surface area contributed by atoms with E-state index < -0.39 is 12.2 Å². The second-order valence-corrected chi connectivity index (χ2v) is 12.5. The van der Waals surface area contributed by atoms with Gasteiger partial charge in [0.15, 0.2) is 0 Å². The van der Waals surface area contributed by atoms with Gasteiger partial charge in [0.05, 0.1) is 31.3 Å². The number of carbonyl (C=O) groups excluding carboxylic acids is 1. The summed E-state index contributed by atoms with van der Waals surface area (Å²) in [6.07, 6.45) is 0.526. The summed E-state index contributed by atoms with van der Waals surface area (Å²) >= 11 is 1.09.